The smallest absolute Gasteiger partial charge is 0.190 e. The van der Waals surface area contributed by atoms with E-state index in [0.29, 0.717) is 73.1 Å². The molecule has 0 aromatic heterocycles. The summed E-state index contributed by atoms with van der Waals surface area (Å²) in [6, 6.07) is 8.33. The first-order valence-electron chi connectivity index (χ1n) is 12.8. The van der Waals surface area contributed by atoms with Gasteiger partial charge < -0.3 is 44.1 Å². The summed E-state index contributed by atoms with van der Waals surface area (Å²) in [4.78, 5) is 14.1. The summed E-state index contributed by atoms with van der Waals surface area (Å²) in [5.74, 6) is 0.763. The molecule has 4 rings (SSSR count). The molecule has 1 atom stereocenters. The third kappa shape index (κ3) is 5.11. The maximum atomic E-state index is 14.1. The van der Waals surface area contributed by atoms with E-state index >= 15 is 0 Å². The van der Waals surface area contributed by atoms with E-state index < -0.39 is 19.1 Å². The zero-order valence-electron chi connectivity index (χ0n) is 23.6. The summed E-state index contributed by atoms with van der Waals surface area (Å²) >= 11 is 0. The highest BCUT2D eigenvalue weighted by atomic mass is 16.5. The molecule has 0 saturated heterocycles. The predicted octanol–water partition coefficient (Wildman–Crippen LogP) is 3.11. The molecule has 0 bridgehead atoms. The zero-order valence-corrected chi connectivity index (χ0v) is 23.6. The Morgan fingerprint density at radius 2 is 1.29 bits per heavy atom. The highest BCUT2D eigenvalue weighted by Gasteiger charge is 2.41. The van der Waals surface area contributed by atoms with E-state index in [9.17, 15) is 25.2 Å². The molecule has 10 nitrogen and oxygen atoms in total. The lowest BCUT2D eigenvalue weighted by molar-refractivity contribution is 0.103. The van der Waals surface area contributed by atoms with Crippen LogP contribution in [0.1, 0.15) is 55.2 Å². The van der Waals surface area contributed by atoms with Crippen LogP contribution < -0.4 is 23.7 Å². The molecule has 1 aliphatic rings. The van der Waals surface area contributed by atoms with Gasteiger partial charge in [-0.2, -0.15) is 0 Å². The summed E-state index contributed by atoms with van der Waals surface area (Å²) in [5, 5.41) is 40.4. The van der Waals surface area contributed by atoms with Crippen LogP contribution in [-0.2, 0) is 26.4 Å². The van der Waals surface area contributed by atoms with Crippen LogP contribution in [0.3, 0.4) is 0 Å². The SMILES string of the molecule is COc1cc(OC)c(CO)cc1C=C1C(=O)c2cc(CO)c(CO)c(OC)c2C1c1cc(CO)c(OC)c(OC)c1. The van der Waals surface area contributed by atoms with Crippen molar-refractivity contribution in [3.63, 3.8) is 0 Å². The fourth-order valence-corrected chi connectivity index (χ4v) is 5.48. The van der Waals surface area contributed by atoms with E-state index in [2.05, 4.69) is 0 Å². The average Bonchev–Trinajstić information content (AvgIpc) is 3.28. The molecule has 1 unspecified atom stereocenters. The second kappa shape index (κ2) is 12.6. The largest absolute Gasteiger partial charge is 0.496 e. The molecule has 1 aliphatic carbocycles. The average molecular weight is 567 g/mol. The fraction of sp³-hybridized carbons (Fsp3) is 0.323. The number of aliphatic hydroxyl groups is 4. The number of fused-ring (bicyclic) bond motifs is 1. The quantitative estimate of drug-likeness (QED) is 0.256. The second-order valence-electron chi connectivity index (χ2n) is 9.32. The highest BCUT2D eigenvalue weighted by molar-refractivity contribution is 6.18. The first-order chi connectivity index (χ1) is 19.8. The van der Waals surface area contributed by atoms with Crippen molar-refractivity contribution in [1.29, 1.82) is 0 Å². The van der Waals surface area contributed by atoms with Gasteiger partial charge in [0, 0.05) is 50.9 Å². The minimum absolute atomic E-state index is 0.272. The van der Waals surface area contributed by atoms with Gasteiger partial charge in [0.05, 0.1) is 62.0 Å². The Balaban J connectivity index is 2.11. The number of methoxy groups -OCH3 is 5. The normalized spacial score (nSPS) is 15.2. The summed E-state index contributed by atoms with van der Waals surface area (Å²) in [6.07, 6.45) is 1.68. The third-order valence-corrected chi connectivity index (χ3v) is 7.35. The van der Waals surface area contributed by atoms with Crippen LogP contribution in [-0.4, -0.2) is 61.8 Å². The van der Waals surface area contributed by atoms with Crippen LogP contribution in [0.15, 0.2) is 35.9 Å². The van der Waals surface area contributed by atoms with E-state index in [1.807, 2.05) is 0 Å². The van der Waals surface area contributed by atoms with Gasteiger partial charge in [0.1, 0.15) is 17.2 Å². The van der Waals surface area contributed by atoms with Crippen molar-refractivity contribution < 1.29 is 48.9 Å². The van der Waals surface area contributed by atoms with Gasteiger partial charge in [0.2, 0.25) is 0 Å². The maximum Gasteiger partial charge on any atom is 0.190 e. The Morgan fingerprint density at radius 3 is 1.83 bits per heavy atom. The predicted molar refractivity (Wildman–Crippen MR) is 150 cm³/mol. The van der Waals surface area contributed by atoms with Crippen molar-refractivity contribution in [1.82, 2.24) is 0 Å². The minimum atomic E-state index is -0.736. The van der Waals surface area contributed by atoms with E-state index in [4.69, 9.17) is 23.7 Å². The van der Waals surface area contributed by atoms with Gasteiger partial charge >= 0.3 is 0 Å². The number of benzene rings is 3. The molecule has 10 heteroatoms. The Morgan fingerprint density at radius 1 is 0.659 bits per heavy atom. The van der Waals surface area contributed by atoms with Gasteiger partial charge in [-0.25, -0.2) is 0 Å². The molecule has 4 N–H and O–H groups in total. The molecule has 0 heterocycles. The van der Waals surface area contributed by atoms with E-state index in [1.165, 1.54) is 35.5 Å². The lowest BCUT2D eigenvalue weighted by Gasteiger charge is -2.22. The summed E-state index contributed by atoms with van der Waals surface area (Å²) in [6.45, 7) is -1.49. The molecule has 0 saturated carbocycles. The van der Waals surface area contributed by atoms with Gasteiger partial charge in [0.15, 0.2) is 17.3 Å². The van der Waals surface area contributed by atoms with Gasteiger partial charge in [-0.1, -0.05) is 0 Å². The third-order valence-electron chi connectivity index (χ3n) is 7.35. The summed E-state index contributed by atoms with van der Waals surface area (Å²) in [5.41, 5.74) is 3.91. The highest BCUT2D eigenvalue weighted by Crippen LogP contribution is 2.51. The molecule has 3 aromatic carbocycles. The molecule has 0 spiro atoms. The van der Waals surface area contributed by atoms with Crippen molar-refractivity contribution in [2.45, 2.75) is 32.3 Å². The molecule has 41 heavy (non-hydrogen) atoms. The van der Waals surface area contributed by atoms with Crippen LogP contribution >= 0.6 is 0 Å². The molecule has 0 radical (unpaired) electrons. The Kier molecular flexibility index (Phi) is 9.19. The molecular formula is C31H34O10. The minimum Gasteiger partial charge on any atom is -0.496 e. The molecule has 218 valence electrons. The van der Waals surface area contributed by atoms with Crippen LogP contribution in [0.5, 0.6) is 28.7 Å². The second-order valence-corrected chi connectivity index (χ2v) is 9.32. The van der Waals surface area contributed by atoms with E-state index in [0.717, 1.165) is 0 Å². The van der Waals surface area contributed by atoms with Crippen molar-refractivity contribution in [3.8, 4) is 28.7 Å². The number of allylic oxidation sites excluding steroid dienone is 1. The fourth-order valence-electron chi connectivity index (χ4n) is 5.48. The lowest BCUT2D eigenvalue weighted by atomic mass is 9.85. The van der Waals surface area contributed by atoms with Gasteiger partial charge in [-0.3, -0.25) is 4.79 Å². The Labute approximate surface area is 238 Å². The van der Waals surface area contributed by atoms with Crippen molar-refractivity contribution in [2.24, 2.45) is 0 Å². The zero-order chi connectivity index (χ0) is 29.8. The van der Waals surface area contributed by atoms with Crippen LogP contribution in [0, 0.1) is 0 Å². The summed E-state index contributed by atoms with van der Waals surface area (Å²) < 4.78 is 27.8. The molecular weight excluding hydrogens is 532 g/mol. The standard InChI is InChI=1S/C31H34O10/c1-37-24-11-25(38-2)19(13-33)6-16(24)8-21-27(17-7-20(14-34)30(40-4)26(10-17)39-3)28-22(29(21)36)9-18(12-32)23(15-35)31(28)41-5/h6-11,27,32-35H,12-15H2,1-5H3. The van der Waals surface area contributed by atoms with E-state index in [-0.39, 0.29) is 24.7 Å². The number of carbonyl (C=O) groups is 1. The maximum absolute atomic E-state index is 14.1. The van der Waals surface area contributed by atoms with Crippen LogP contribution in [0.25, 0.3) is 6.08 Å². The van der Waals surface area contributed by atoms with Gasteiger partial charge in [0.25, 0.3) is 0 Å². The first kappa shape index (κ1) is 29.9. The van der Waals surface area contributed by atoms with Crippen molar-refractivity contribution >= 4 is 11.9 Å². The number of ether oxygens (including phenoxy) is 5. The van der Waals surface area contributed by atoms with Gasteiger partial charge in [-0.15, -0.1) is 0 Å². The number of rotatable bonds is 11. The van der Waals surface area contributed by atoms with Gasteiger partial charge in [-0.05, 0) is 41.5 Å². The number of hydrogen-bond donors (Lipinski definition) is 4. The molecule has 0 amide bonds. The van der Waals surface area contributed by atoms with Crippen molar-refractivity contribution in [2.75, 3.05) is 35.5 Å². The lowest BCUT2D eigenvalue weighted by Crippen LogP contribution is -2.08. The molecule has 3 aromatic rings. The number of carbonyl (C=O) groups excluding carboxylic acids is 1. The Hall–Kier alpha value is -4.09. The molecule has 0 fully saturated rings. The topological polar surface area (TPSA) is 144 Å². The number of aliphatic hydroxyl groups excluding tert-OH is 4. The monoisotopic (exact) mass is 566 g/mol. The summed E-state index contributed by atoms with van der Waals surface area (Å²) in [7, 11) is 7.36. The van der Waals surface area contributed by atoms with Crippen molar-refractivity contribution in [3.05, 3.63) is 80.4 Å². The number of ketones is 1. The van der Waals surface area contributed by atoms with Crippen LogP contribution in [0.2, 0.25) is 0 Å². The number of Topliss-reactive ketones (excluding diaryl/α,β-unsaturated/α-hetero) is 1. The van der Waals surface area contributed by atoms with Crippen LogP contribution in [0.4, 0.5) is 0 Å². The number of hydrogen-bond acceptors (Lipinski definition) is 10. The first-order valence-corrected chi connectivity index (χ1v) is 12.8. The Bertz CT molecular complexity index is 1470. The molecule has 0 aliphatic heterocycles. The van der Waals surface area contributed by atoms with E-state index in [1.54, 1.807) is 36.4 Å².